The topological polar surface area (TPSA) is 50.9 Å². The third-order valence-corrected chi connectivity index (χ3v) is 3.43. The Bertz CT molecular complexity index is 762. The number of aromatic hydroxyl groups is 1. The van der Waals surface area contributed by atoms with Crippen molar-refractivity contribution in [2.24, 2.45) is 0 Å². The highest BCUT2D eigenvalue weighted by Crippen LogP contribution is 2.32. The Morgan fingerprint density at radius 3 is 2.85 bits per heavy atom. The summed E-state index contributed by atoms with van der Waals surface area (Å²) in [5.41, 5.74) is 3.34. The maximum absolute atomic E-state index is 10.3. The second-order valence-electron chi connectivity index (χ2n) is 4.90. The Kier molecular flexibility index (Phi) is 3.14. The van der Waals surface area contributed by atoms with Crippen LogP contribution in [0.1, 0.15) is 18.9 Å². The Labute approximate surface area is 117 Å². The lowest BCUT2D eigenvalue weighted by Gasteiger charge is -2.09. The zero-order chi connectivity index (χ0) is 14.1. The van der Waals surface area contributed by atoms with Crippen molar-refractivity contribution in [3.63, 3.8) is 0 Å². The normalized spacial score (nSPS) is 11.1. The van der Waals surface area contributed by atoms with E-state index in [0.717, 1.165) is 41.1 Å². The van der Waals surface area contributed by atoms with Crippen molar-refractivity contribution in [2.45, 2.75) is 26.8 Å². The van der Waals surface area contributed by atoms with Crippen LogP contribution in [0.4, 0.5) is 0 Å². The molecule has 0 saturated heterocycles. The molecule has 0 aliphatic rings. The summed E-state index contributed by atoms with van der Waals surface area (Å²) < 4.78 is 2.07. The molecule has 0 radical (unpaired) electrons. The van der Waals surface area contributed by atoms with Crippen molar-refractivity contribution < 1.29 is 5.11 Å². The predicted octanol–water partition coefficient (Wildman–Crippen LogP) is 3.52. The van der Waals surface area contributed by atoms with Gasteiger partial charge in [0, 0.05) is 12.7 Å². The lowest BCUT2D eigenvalue weighted by atomic mass is 10.1. The molecule has 0 fully saturated rings. The predicted molar refractivity (Wildman–Crippen MR) is 79.7 cm³/mol. The summed E-state index contributed by atoms with van der Waals surface area (Å²) in [6, 6.07) is 9.56. The first kappa shape index (κ1) is 12.7. The number of imidazole rings is 1. The molecule has 0 aliphatic carbocycles. The molecule has 2 heterocycles. The summed E-state index contributed by atoms with van der Waals surface area (Å²) in [6.45, 7) is 4.84. The molecule has 0 saturated carbocycles. The molecular weight excluding hydrogens is 250 g/mol. The van der Waals surface area contributed by atoms with Crippen LogP contribution in [-0.4, -0.2) is 19.6 Å². The number of phenolic OH excluding ortho intramolecular Hbond substituents is 1. The summed E-state index contributed by atoms with van der Waals surface area (Å²) in [5, 5.41) is 10.3. The molecule has 1 N–H and O–H groups in total. The second-order valence-corrected chi connectivity index (χ2v) is 4.90. The Morgan fingerprint density at radius 1 is 1.20 bits per heavy atom. The standard InChI is InChI=1S/C16H17N3O/c1-3-10-19-15(12-7-4-6-11(2)14(12)20)18-13-8-5-9-17-16(13)19/h4-9,20H,3,10H2,1-2H3. The molecule has 0 aliphatic heterocycles. The molecule has 102 valence electrons. The summed E-state index contributed by atoms with van der Waals surface area (Å²) in [7, 11) is 0. The largest absolute Gasteiger partial charge is 0.507 e. The van der Waals surface area contributed by atoms with Crippen molar-refractivity contribution in [1.29, 1.82) is 0 Å². The smallest absolute Gasteiger partial charge is 0.160 e. The quantitative estimate of drug-likeness (QED) is 0.790. The van der Waals surface area contributed by atoms with Gasteiger partial charge < -0.3 is 9.67 Å². The third-order valence-electron chi connectivity index (χ3n) is 3.43. The van der Waals surface area contributed by atoms with E-state index in [0.29, 0.717) is 5.75 Å². The van der Waals surface area contributed by atoms with Gasteiger partial charge >= 0.3 is 0 Å². The van der Waals surface area contributed by atoms with E-state index in [1.807, 2.05) is 37.3 Å². The zero-order valence-electron chi connectivity index (χ0n) is 11.7. The molecule has 2 aromatic heterocycles. The molecule has 0 atom stereocenters. The molecule has 0 amide bonds. The van der Waals surface area contributed by atoms with Crippen molar-refractivity contribution in [2.75, 3.05) is 0 Å². The van der Waals surface area contributed by atoms with E-state index in [4.69, 9.17) is 0 Å². The highest BCUT2D eigenvalue weighted by molar-refractivity contribution is 5.79. The van der Waals surface area contributed by atoms with Crippen LogP contribution >= 0.6 is 0 Å². The lowest BCUT2D eigenvalue weighted by molar-refractivity contribution is 0.472. The molecule has 20 heavy (non-hydrogen) atoms. The van der Waals surface area contributed by atoms with Crippen molar-refractivity contribution in [3.8, 4) is 17.1 Å². The minimum atomic E-state index is 0.292. The summed E-state index contributed by atoms with van der Waals surface area (Å²) in [5.74, 6) is 1.07. The number of aromatic nitrogens is 3. The maximum Gasteiger partial charge on any atom is 0.160 e. The van der Waals surface area contributed by atoms with Crippen molar-refractivity contribution in [3.05, 3.63) is 42.1 Å². The fourth-order valence-electron chi connectivity index (χ4n) is 2.44. The monoisotopic (exact) mass is 267 g/mol. The van der Waals surface area contributed by atoms with Gasteiger partial charge in [0.25, 0.3) is 0 Å². The number of hydrogen-bond donors (Lipinski definition) is 1. The van der Waals surface area contributed by atoms with Crippen molar-refractivity contribution >= 4 is 11.2 Å². The van der Waals surface area contributed by atoms with E-state index in [1.54, 1.807) is 6.20 Å². The maximum atomic E-state index is 10.3. The van der Waals surface area contributed by atoms with Gasteiger partial charge in [0.15, 0.2) is 5.65 Å². The van der Waals surface area contributed by atoms with E-state index in [-0.39, 0.29) is 0 Å². The molecule has 0 bridgehead atoms. The molecule has 0 unspecified atom stereocenters. The van der Waals surface area contributed by atoms with Crippen LogP contribution in [0.25, 0.3) is 22.6 Å². The van der Waals surface area contributed by atoms with Gasteiger partial charge in [0.1, 0.15) is 17.1 Å². The first-order valence-electron chi connectivity index (χ1n) is 6.82. The fraction of sp³-hybridized carbons (Fsp3) is 0.250. The summed E-state index contributed by atoms with van der Waals surface area (Å²) >= 11 is 0. The van der Waals surface area contributed by atoms with Crippen LogP contribution in [0.3, 0.4) is 0 Å². The van der Waals surface area contributed by atoms with Gasteiger partial charge in [-0.3, -0.25) is 0 Å². The van der Waals surface area contributed by atoms with Crippen LogP contribution in [0.5, 0.6) is 5.75 Å². The van der Waals surface area contributed by atoms with E-state index in [1.165, 1.54) is 0 Å². The number of benzene rings is 1. The first-order chi connectivity index (χ1) is 9.72. The minimum absolute atomic E-state index is 0.292. The number of aryl methyl sites for hydroxylation is 2. The van der Waals surface area contributed by atoms with E-state index < -0.39 is 0 Å². The fourth-order valence-corrected chi connectivity index (χ4v) is 2.44. The van der Waals surface area contributed by atoms with Crippen LogP contribution in [0.15, 0.2) is 36.5 Å². The number of nitrogens with zero attached hydrogens (tertiary/aromatic N) is 3. The SMILES string of the molecule is CCCn1c(-c2cccc(C)c2O)nc2cccnc21. The molecule has 1 aromatic carbocycles. The van der Waals surface area contributed by atoms with Crippen LogP contribution in [0.2, 0.25) is 0 Å². The third kappa shape index (κ3) is 1.93. The first-order valence-corrected chi connectivity index (χ1v) is 6.82. The summed E-state index contributed by atoms with van der Waals surface area (Å²) in [6.07, 6.45) is 2.76. The van der Waals surface area contributed by atoms with Crippen LogP contribution in [-0.2, 0) is 6.54 Å². The zero-order valence-corrected chi connectivity index (χ0v) is 11.7. The highest BCUT2D eigenvalue weighted by atomic mass is 16.3. The number of para-hydroxylation sites is 1. The number of hydrogen-bond acceptors (Lipinski definition) is 3. The average molecular weight is 267 g/mol. The molecular formula is C16H17N3O. The van der Waals surface area contributed by atoms with E-state index >= 15 is 0 Å². The van der Waals surface area contributed by atoms with Gasteiger partial charge in [-0.2, -0.15) is 0 Å². The highest BCUT2D eigenvalue weighted by Gasteiger charge is 2.16. The second kappa shape index (κ2) is 4.96. The van der Waals surface area contributed by atoms with Gasteiger partial charge in [-0.25, -0.2) is 9.97 Å². The van der Waals surface area contributed by atoms with E-state index in [2.05, 4.69) is 21.5 Å². The van der Waals surface area contributed by atoms with Gasteiger partial charge in [-0.15, -0.1) is 0 Å². The summed E-state index contributed by atoms with van der Waals surface area (Å²) in [4.78, 5) is 9.06. The molecule has 3 aromatic rings. The van der Waals surface area contributed by atoms with Gasteiger partial charge in [0.2, 0.25) is 0 Å². The van der Waals surface area contributed by atoms with Gasteiger partial charge in [-0.1, -0.05) is 19.1 Å². The Hall–Kier alpha value is -2.36. The molecule has 4 nitrogen and oxygen atoms in total. The molecule has 4 heteroatoms. The van der Waals surface area contributed by atoms with E-state index in [9.17, 15) is 5.11 Å². The van der Waals surface area contributed by atoms with Crippen LogP contribution < -0.4 is 0 Å². The Morgan fingerprint density at radius 2 is 2.05 bits per heavy atom. The minimum Gasteiger partial charge on any atom is -0.507 e. The average Bonchev–Trinajstić information content (AvgIpc) is 2.81. The molecule has 3 rings (SSSR count). The van der Waals surface area contributed by atoms with Gasteiger partial charge in [0.05, 0.1) is 5.56 Å². The number of phenols is 1. The van der Waals surface area contributed by atoms with Crippen molar-refractivity contribution in [1.82, 2.24) is 14.5 Å². The number of rotatable bonds is 3. The number of pyridine rings is 1. The molecule has 0 spiro atoms. The van der Waals surface area contributed by atoms with Crippen LogP contribution in [0, 0.1) is 6.92 Å². The van der Waals surface area contributed by atoms with Gasteiger partial charge in [-0.05, 0) is 37.1 Å². The number of fused-ring (bicyclic) bond motifs is 1. The lowest BCUT2D eigenvalue weighted by Crippen LogP contribution is -2.01. The Balaban J connectivity index is 2.29.